The lowest BCUT2D eigenvalue weighted by Gasteiger charge is -2.35. The summed E-state index contributed by atoms with van der Waals surface area (Å²) in [6, 6.07) is 8.15. The van der Waals surface area contributed by atoms with Crippen molar-refractivity contribution in [1.82, 2.24) is 9.88 Å². The van der Waals surface area contributed by atoms with Crippen molar-refractivity contribution in [2.75, 3.05) is 38.2 Å². The molecule has 132 valence electrons. The molecule has 0 radical (unpaired) electrons. The van der Waals surface area contributed by atoms with Gasteiger partial charge >= 0.3 is 0 Å². The molecule has 1 fully saturated rings. The molecule has 0 N–H and O–H groups in total. The number of hydrogen-bond acceptors (Lipinski definition) is 6. The zero-order valence-corrected chi connectivity index (χ0v) is 13.9. The molecule has 8 heteroatoms. The summed E-state index contributed by atoms with van der Waals surface area (Å²) < 4.78 is 18.7. The lowest BCUT2D eigenvalue weighted by molar-refractivity contribution is -0.385. The van der Waals surface area contributed by atoms with Gasteiger partial charge in [0.15, 0.2) is 11.6 Å². The van der Waals surface area contributed by atoms with E-state index in [1.807, 2.05) is 6.07 Å². The zero-order valence-electron chi connectivity index (χ0n) is 13.9. The molecule has 3 rings (SSSR count). The van der Waals surface area contributed by atoms with E-state index < -0.39 is 4.92 Å². The van der Waals surface area contributed by atoms with Gasteiger partial charge in [0.2, 0.25) is 0 Å². The molecule has 1 aliphatic rings. The standard InChI is InChI=1S/C17H19FN4O3/c1-25-16-4-2-13(10-15(16)18)12-20-6-8-21(9-7-20)17-5-3-14(11-19-17)22(23)24/h2-5,10-11H,6-9,12H2,1H3. The molecule has 7 nitrogen and oxygen atoms in total. The summed E-state index contributed by atoms with van der Waals surface area (Å²) in [4.78, 5) is 18.7. The molecular weight excluding hydrogens is 327 g/mol. The molecule has 1 saturated heterocycles. The first-order valence-electron chi connectivity index (χ1n) is 7.97. The molecule has 0 bridgehead atoms. The molecule has 0 amide bonds. The summed E-state index contributed by atoms with van der Waals surface area (Å²) in [7, 11) is 1.45. The Morgan fingerprint density at radius 2 is 2.00 bits per heavy atom. The average Bonchev–Trinajstić information content (AvgIpc) is 2.63. The van der Waals surface area contributed by atoms with Crippen molar-refractivity contribution >= 4 is 11.5 Å². The first kappa shape index (κ1) is 17.1. The third-order valence-electron chi connectivity index (χ3n) is 4.26. The highest BCUT2D eigenvalue weighted by Crippen LogP contribution is 2.21. The predicted molar refractivity (Wildman–Crippen MR) is 91.3 cm³/mol. The van der Waals surface area contributed by atoms with Gasteiger partial charge in [-0.3, -0.25) is 15.0 Å². The number of benzene rings is 1. The number of ether oxygens (including phenoxy) is 1. The Bertz CT molecular complexity index is 746. The van der Waals surface area contributed by atoms with Crippen molar-refractivity contribution in [2.24, 2.45) is 0 Å². The summed E-state index contributed by atoms with van der Waals surface area (Å²) in [6.07, 6.45) is 1.28. The van der Waals surface area contributed by atoms with Crippen molar-refractivity contribution in [3.05, 3.63) is 58.0 Å². The Hall–Kier alpha value is -2.74. The van der Waals surface area contributed by atoms with E-state index in [2.05, 4.69) is 14.8 Å². The highest BCUT2D eigenvalue weighted by Gasteiger charge is 2.19. The van der Waals surface area contributed by atoms with E-state index in [1.165, 1.54) is 25.4 Å². The molecule has 0 spiro atoms. The molecule has 1 aromatic heterocycles. The summed E-state index contributed by atoms with van der Waals surface area (Å²) in [6.45, 7) is 3.83. The molecular formula is C17H19FN4O3. The number of aromatic nitrogens is 1. The van der Waals surface area contributed by atoms with Gasteiger partial charge in [0, 0.05) is 38.8 Å². The Kier molecular flexibility index (Phi) is 5.08. The van der Waals surface area contributed by atoms with Gasteiger partial charge in [-0.1, -0.05) is 6.07 Å². The number of pyridine rings is 1. The van der Waals surface area contributed by atoms with Crippen LogP contribution in [0.3, 0.4) is 0 Å². The summed E-state index contributed by atoms with van der Waals surface area (Å²) in [5.74, 6) is 0.632. The summed E-state index contributed by atoms with van der Waals surface area (Å²) in [5, 5.41) is 10.7. The molecule has 0 aliphatic carbocycles. The van der Waals surface area contributed by atoms with Crippen LogP contribution in [-0.4, -0.2) is 48.1 Å². The number of methoxy groups -OCH3 is 1. The Morgan fingerprint density at radius 3 is 2.56 bits per heavy atom. The fraction of sp³-hybridized carbons (Fsp3) is 0.353. The molecule has 2 heterocycles. The topological polar surface area (TPSA) is 71.7 Å². The number of hydrogen-bond donors (Lipinski definition) is 0. The van der Waals surface area contributed by atoms with Crippen LogP contribution < -0.4 is 9.64 Å². The van der Waals surface area contributed by atoms with Crippen molar-refractivity contribution in [2.45, 2.75) is 6.54 Å². The minimum atomic E-state index is -0.456. The Morgan fingerprint density at radius 1 is 1.24 bits per heavy atom. The monoisotopic (exact) mass is 346 g/mol. The second kappa shape index (κ2) is 7.43. The van der Waals surface area contributed by atoms with E-state index in [4.69, 9.17) is 4.74 Å². The predicted octanol–water partition coefficient (Wildman–Crippen LogP) is 2.46. The van der Waals surface area contributed by atoms with Crippen LogP contribution in [0.1, 0.15) is 5.56 Å². The molecule has 1 aromatic carbocycles. The molecule has 1 aliphatic heterocycles. The highest BCUT2D eigenvalue weighted by atomic mass is 19.1. The largest absolute Gasteiger partial charge is 0.494 e. The minimum absolute atomic E-state index is 0.0103. The number of nitro groups is 1. The number of piperazine rings is 1. The van der Waals surface area contributed by atoms with E-state index in [9.17, 15) is 14.5 Å². The van der Waals surface area contributed by atoms with Gasteiger partial charge < -0.3 is 9.64 Å². The molecule has 0 unspecified atom stereocenters. The van der Waals surface area contributed by atoms with E-state index in [0.29, 0.717) is 6.54 Å². The summed E-state index contributed by atoms with van der Waals surface area (Å²) >= 11 is 0. The normalized spacial score (nSPS) is 15.2. The van der Waals surface area contributed by atoms with Crippen LogP contribution in [0.15, 0.2) is 36.5 Å². The van der Waals surface area contributed by atoms with Crippen LogP contribution in [-0.2, 0) is 6.54 Å². The van der Waals surface area contributed by atoms with Crippen molar-refractivity contribution in [3.8, 4) is 5.75 Å². The van der Waals surface area contributed by atoms with Gasteiger partial charge in [0.1, 0.15) is 12.0 Å². The van der Waals surface area contributed by atoms with Crippen LogP contribution in [0.4, 0.5) is 15.9 Å². The van der Waals surface area contributed by atoms with E-state index in [-0.39, 0.29) is 17.3 Å². The second-order valence-electron chi connectivity index (χ2n) is 5.86. The second-order valence-corrected chi connectivity index (χ2v) is 5.86. The van der Waals surface area contributed by atoms with E-state index >= 15 is 0 Å². The van der Waals surface area contributed by atoms with E-state index in [1.54, 1.807) is 12.1 Å². The van der Waals surface area contributed by atoms with Gasteiger partial charge in [-0.25, -0.2) is 9.37 Å². The first-order chi connectivity index (χ1) is 12.1. The summed E-state index contributed by atoms with van der Waals surface area (Å²) in [5.41, 5.74) is 0.893. The Labute approximate surface area is 144 Å². The maximum Gasteiger partial charge on any atom is 0.287 e. The lowest BCUT2D eigenvalue weighted by Crippen LogP contribution is -2.46. The van der Waals surface area contributed by atoms with Crippen LogP contribution in [0.25, 0.3) is 0 Å². The fourth-order valence-corrected chi connectivity index (χ4v) is 2.87. The quantitative estimate of drug-likeness (QED) is 0.612. The van der Waals surface area contributed by atoms with Crippen molar-refractivity contribution in [1.29, 1.82) is 0 Å². The number of halogens is 1. The van der Waals surface area contributed by atoms with Crippen LogP contribution in [0.5, 0.6) is 5.75 Å². The van der Waals surface area contributed by atoms with Gasteiger partial charge in [0.25, 0.3) is 5.69 Å². The van der Waals surface area contributed by atoms with Crippen molar-refractivity contribution in [3.63, 3.8) is 0 Å². The van der Waals surface area contributed by atoms with Gasteiger partial charge in [0.05, 0.1) is 12.0 Å². The third kappa shape index (κ3) is 4.03. The minimum Gasteiger partial charge on any atom is -0.494 e. The molecule has 25 heavy (non-hydrogen) atoms. The zero-order chi connectivity index (χ0) is 17.8. The number of anilines is 1. The molecule has 2 aromatic rings. The average molecular weight is 346 g/mol. The molecule has 0 saturated carbocycles. The first-order valence-corrected chi connectivity index (χ1v) is 7.97. The fourth-order valence-electron chi connectivity index (χ4n) is 2.87. The maximum atomic E-state index is 13.8. The van der Waals surface area contributed by atoms with Crippen LogP contribution >= 0.6 is 0 Å². The number of rotatable bonds is 5. The SMILES string of the molecule is COc1ccc(CN2CCN(c3ccc([N+](=O)[O-])cn3)CC2)cc1F. The third-order valence-corrected chi connectivity index (χ3v) is 4.26. The van der Waals surface area contributed by atoms with E-state index in [0.717, 1.165) is 37.6 Å². The smallest absolute Gasteiger partial charge is 0.287 e. The highest BCUT2D eigenvalue weighted by molar-refractivity contribution is 5.43. The van der Waals surface area contributed by atoms with Gasteiger partial charge in [-0.15, -0.1) is 0 Å². The van der Waals surface area contributed by atoms with Crippen LogP contribution in [0, 0.1) is 15.9 Å². The van der Waals surface area contributed by atoms with Gasteiger partial charge in [-0.05, 0) is 23.8 Å². The molecule has 0 atom stereocenters. The number of nitrogens with zero attached hydrogens (tertiary/aromatic N) is 4. The van der Waals surface area contributed by atoms with Crippen LogP contribution in [0.2, 0.25) is 0 Å². The Balaban J connectivity index is 1.56. The maximum absolute atomic E-state index is 13.8. The van der Waals surface area contributed by atoms with Gasteiger partial charge in [-0.2, -0.15) is 0 Å². The van der Waals surface area contributed by atoms with Crippen molar-refractivity contribution < 1.29 is 14.1 Å². The lowest BCUT2D eigenvalue weighted by atomic mass is 10.2.